The molecule has 0 fully saturated rings. The molecular weight excluding hydrogens is 1780 g/mol. The Morgan fingerprint density at radius 2 is 0.438 bits per heavy atom. The lowest BCUT2D eigenvalue weighted by molar-refractivity contribution is 0.305. The van der Waals surface area contributed by atoms with Gasteiger partial charge in [-0.25, -0.2) is 0 Å². The zero-order valence-corrected chi connectivity index (χ0v) is 98.1. The molecule has 0 aromatic heterocycles. The molecule has 0 N–H and O–H groups in total. The van der Waals surface area contributed by atoms with Gasteiger partial charge in [0.1, 0.15) is 60.9 Å². The number of hydrogen-bond donors (Lipinski definition) is 0. The number of fused-ring (bicyclic) bond motifs is 2. The monoisotopic (exact) mass is 1930 g/mol. The number of benzene rings is 13. The maximum atomic E-state index is 6.72. The van der Waals surface area contributed by atoms with Crippen LogP contribution in [0.2, 0.25) is 157 Å². The summed E-state index contributed by atoms with van der Waals surface area (Å²) in [6, 6.07) is 94.6. The molecule has 0 bridgehead atoms. The molecule has 0 amide bonds. The molecule has 13 rings (SSSR count). The van der Waals surface area contributed by atoms with Crippen LogP contribution in [-0.4, -0.2) is 119 Å². The summed E-state index contributed by atoms with van der Waals surface area (Å²) in [5.74, 6) is 6.89. The maximum Gasteiger partial charge on any atom is 0.119 e. The smallest absolute Gasteiger partial charge is 0.119 e. The summed E-state index contributed by atoms with van der Waals surface area (Å²) in [6.07, 6.45) is 1.88. The molecule has 13 aromatic rings. The van der Waals surface area contributed by atoms with E-state index in [0.717, 1.165) is 37.6 Å². The van der Waals surface area contributed by atoms with Crippen molar-refractivity contribution in [2.24, 2.45) is 0 Å². The minimum atomic E-state index is -1.17. The Balaban J connectivity index is 0.000000189. The van der Waals surface area contributed by atoms with Crippen molar-refractivity contribution in [2.45, 2.75) is 235 Å². The number of rotatable bonds is 36. The van der Waals surface area contributed by atoms with Crippen molar-refractivity contribution in [1.82, 2.24) is 0 Å². The van der Waals surface area contributed by atoms with Gasteiger partial charge in [0.05, 0.1) is 119 Å². The highest BCUT2D eigenvalue weighted by Crippen LogP contribution is 2.36. The largest absolute Gasteiger partial charge is 0.494 e. The quantitative estimate of drug-likeness (QED) is 0.0365. The second-order valence-corrected chi connectivity index (χ2v) is 76.2. The molecule has 0 unspecified atom stereocenters. The SMILES string of the molecule is C[SiH](C)c1cc(C(C)(C)c2cc([SiH](C)C)c(OCCc3ccccc3)c([SiH](C)C)c2)cc([SiH](C)C)c1OCCc1ccccc1.C[SiH](C)c1cc(C(C)(C)c2cc([SiH](C)C)c(OCc3ccccc3)c([SiH](C)C)c2)cc([SiH](C)C)c1OCc1ccccc1.C[SiH](C)c1ccc2c([SiH](C)C)c(OCc3ccc(COc4ccc5cc([SiH](C)C)ccc5c4[SiH](C)C)cc3)ccc2c1. The van der Waals surface area contributed by atoms with Crippen LogP contribution in [0.5, 0.6) is 34.5 Å². The van der Waals surface area contributed by atoms with E-state index in [1.807, 2.05) is 0 Å². The number of ether oxygens (including phenoxy) is 6. The lowest BCUT2D eigenvalue weighted by atomic mass is 9.78. The summed E-state index contributed by atoms with van der Waals surface area (Å²) in [5, 5.41) is 23.2. The molecule has 130 heavy (non-hydrogen) atoms. The molecule has 0 spiro atoms. The molecule has 0 atom stereocenters. The highest BCUT2D eigenvalue weighted by Gasteiger charge is 2.34. The van der Waals surface area contributed by atoms with Crippen molar-refractivity contribution in [3.05, 3.63) is 310 Å². The first kappa shape index (κ1) is 102. The summed E-state index contributed by atoms with van der Waals surface area (Å²) in [6.45, 7) is 71.9. The molecular formula is C112H154O6Si12. The topological polar surface area (TPSA) is 55.4 Å². The van der Waals surface area contributed by atoms with Crippen LogP contribution in [0.25, 0.3) is 21.5 Å². The van der Waals surface area contributed by atoms with E-state index in [4.69, 9.17) is 28.4 Å². The van der Waals surface area contributed by atoms with Crippen LogP contribution in [0, 0.1) is 0 Å². The molecule has 0 radical (unpaired) electrons. The van der Waals surface area contributed by atoms with Gasteiger partial charge in [-0.15, -0.1) is 0 Å². The van der Waals surface area contributed by atoms with Gasteiger partial charge >= 0.3 is 0 Å². The standard InChI is InChI=1S/C39H56O2Si4.C37H52O2Si4.C36H46O2Si4/c1-39(2,31-25-33(42(3)4)37(34(26-31)43(5)6)40-23-21-29-17-13-11-14-18-29)32-27-35(44(7)8)38(36(28-32)45(9)10)41-24-22-30-19-15-12-16-20-30;1-37(2,29-21-31(40(3)4)35(32(22-29)41(5)6)38-25-27-17-13-11-14-18-27)30-23-33(42(7)8)36(34(24-30)43(9)10)39-26-28-19-15-12-16-20-28;1-39(2)29-15-17-31-27(21-29)13-19-33(35(31)41(5)6)37-23-25-9-11-26(12-10-25)24-38-34-20-14-28-22-30(40(3)4)16-18-32(28)36(34)42(7)8/h11-20,25-28,42-45H,21-24H2,1-10H3;11-24,40-43H,25-26H2,1-10H3;9-22,39-42H,23-24H2,1-8H3. The summed E-state index contributed by atoms with van der Waals surface area (Å²) >= 11 is 0. The van der Waals surface area contributed by atoms with Crippen molar-refractivity contribution < 1.29 is 28.4 Å². The Bertz CT molecular complexity index is 5380. The molecule has 0 saturated carbocycles. The van der Waals surface area contributed by atoms with Crippen molar-refractivity contribution in [2.75, 3.05) is 13.2 Å². The van der Waals surface area contributed by atoms with Crippen molar-refractivity contribution in [3.8, 4) is 34.5 Å². The fourth-order valence-corrected chi connectivity index (χ4v) is 34.0. The van der Waals surface area contributed by atoms with E-state index in [9.17, 15) is 0 Å². The maximum absolute atomic E-state index is 6.72. The van der Waals surface area contributed by atoms with Crippen LogP contribution in [0.1, 0.15) is 83.3 Å². The van der Waals surface area contributed by atoms with Gasteiger partial charge in [0.15, 0.2) is 0 Å². The fraction of sp³-hybridized carbons (Fsp3) is 0.339. The van der Waals surface area contributed by atoms with E-state index in [1.165, 1.54) is 162 Å². The highest BCUT2D eigenvalue weighted by molar-refractivity contribution is 6.79. The first-order valence-electron chi connectivity index (χ1n) is 48.8. The van der Waals surface area contributed by atoms with E-state index in [2.05, 4.69) is 440 Å². The van der Waals surface area contributed by atoms with Gasteiger partial charge in [0.2, 0.25) is 0 Å². The molecule has 0 heterocycles. The molecule has 13 aromatic carbocycles. The Labute approximate surface area is 804 Å². The summed E-state index contributed by atoms with van der Waals surface area (Å²) in [7, 11) is -13.1. The summed E-state index contributed by atoms with van der Waals surface area (Å²) in [5.41, 5.74) is 13.0. The Morgan fingerprint density at radius 3 is 0.677 bits per heavy atom. The van der Waals surface area contributed by atoms with Crippen LogP contribution in [0.4, 0.5) is 0 Å². The normalized spacial score (nSPS) is 12.0. The first-order valence-corrected chi connectivity index (χ1v) is 83.4. The third-order valence-electron chi connectivity index (χ3n) is 26.3. The van der Waals surface area contributed by atoms with E-state index in [0.29, 0.717) is 26.4 Å². The van der Waals surface area contributed by atoms with E-state index >= 15 is 0 Å². The minimum Gasteiger partial charge on any atom is -0.494 e. The molecule has 0 saturated heterocycles. The van der Waals surface area contributed by atoms with Crippen LogP contribution in [0.15, 0.2) is 255 Å². The molecule has 0 aliphatic heterocycles. The average Bonchev–Trinajstić information content (AvgIpc) is 0.758. The Morgan fingerprint density at radius 1 is 0.208 bits per heavy atom. The van der Waals surface area contributed by atoms with Gasteiger partial charge in [-0.2, -0.15) is 0 Å². The zero-order chi connectivity index (χ0) is 94.0. The minimum absolute atomic E-state index is 0.114. The highest BCUT2D eigenvalue weighted by atomic mass is 28.3. The molecule has 0 aliphatic carbocycles. The summed E-state index contributed by atoms with van der Waals surface area (Å²) in [4.78, 5) is 0. The average molecular weight is 1930 g/mol. The lowest BCUT2D eigenvalue weighted by Gasteiger charge is -2.32. The predicted molar refractivity (Wildman–Crippen MR) is 608 cm³/mol. The van der Waals surface area contributed by atoms with Crippen LogP contribution >= 0.6 is 0 Å². The summed E-state index contributed by atoms with van der Waals surface area (Å²) < 4.78 is 39.8. The molecule has 6 nitrogen and oxygen atoms in total. The third-order valence-corrected chi connectivity index (χ3v) is 46.5. The predicted octanol–water partition coefficient (Wildman–Crippen LogP) is 17.9. The van der Waals surface area contributed by atoms with Crippen LogP contribution in [0.3, 0.4) is 0 Å². The van der Waals surface area contributed by atoms with Gasteiger partial charge in [-0.3, -0.25) is 0 Å². The fourth-order valence-electron chi connectivity index (χ4n) is 17.8. The second-order valence-electron chi connectivity index (χ2n) is 41.1. The Hall–Kier alpha value is -8.22. The third kappa shape index (κ3) is 26.2. The van der Waals surface area contributed by atoms with Gasteiger partial charge in [0.25, 0.3) is 0 Å². The van der Waals surface area contributed by atoms with Gasteiger partial charge in [-0.1, -0.05) is 438 Å². The van der Waals surface area contributed by atoms with Gasteiger partial charge in [-0.05, 0) is 141 Å². The van der Waals surface area contributed by atoms with E-state index in [1.54, 1.807) is 0 Å². The van der Waals surface area contributed by atoms with E-state index in [-0.39, 0.29) is 10.8 Å². The zero-order valence-electron chi connectivity index (χ0n) is 84.3. The van der Waals surface area contributed by atoms with Crippen molar-refractivity contribution >= 4 is 189 Å². The first-order chi connectivity index (χ1) is 61.9. The van der Waals surface area contributed by atoms with Gasteiger partial charge in [0, 0.05) is 23.7 Å². The lowest BCUT2D eigenvalue weighted by Crippen LogP contribution is -2.40. The number of hydrogen-bond acceptors (Lipinski definition) is 6. The molecule has 686 valence electrons. The van der Waals surface area contributed by atoms with Crippen molar-refractivity contribution in [1.29, 1.82) is 0 Å². The van der Waals surface area contributed by atoms with Crippen molar-refractivity contribution in [3.63, 3.8) is 0 Å². The van der Waals surface area contributed by atoms with Gasteiger partial charge < -0.3 is 28.4 Å². The Kier molecular flexibility index (Phi) is 37.1. The second kappa shape index (κ2) is 47.1. The molecule has 18 heteroatoms. The van der Waals surface area contributed by atoms with E-state index < -0.39 is 106 Å². The van der Waals surface area contributed by atoms with Crippen LogP contribution < -0.4 is 90.7 Å². The van der Waals surface area contributed by atoms with Crippen LogP contribution in [-0.2, 0) is 50.1 Å². The molecule has 0 aliphatic rings.